The summed E-state index contributed by atoms with van der Waals surface area (Å²) < 4.78 is 6.14. The fourth-order valence-electron chi connectivity index (χ4n) is 1.59. The highest BCUT2D eigenvalue weighted by atomic mass is 79.9. The molecule has 16 heavy (non-hydrogen) atoms. The second kappa shape index (κ2) is 3.59. The molecule has 82 valence electrons. The Labute approximate surface area is 101 Å². The average molecular weight is 280 g/mol. The number of hydrogen-bond donors (Lipinski definition) is 1. The van der Waals surface area contributed by atoms with Crippen LogP contribution in [0.5, 0.6) is 0 Å². The summed E-state index contributed by atoms with van der Waals surface area (Å²) >= 11 is 3.27. The van der Waals surface area contributed by atoms with Crippen molar-refractivity contribution in [3.05, 3.63) is 28.7 Å². The molecule has 2 aromatic rings. The lowest BCUT2D eigenvalue weighted by atomic mass is 10.3. The second-order valence-electron chi connectivity index (χ2n) is 3.91. The molecule has 0 spiro atoms. The van der Waals surface area contributed by atoms with Crippen LogP contribution >= 0.6 is 15.9 Å². The third-order valence-electron chi connectivity index (χ3n) is 2.53. The van der Waals surface area contributed by atoms with Crippen LogP contribution in [-0.2, 0) is 0 Å². The fourth-order valence-corrected chi connectivity index (χ4v) is 1.89. The predicted octanol–water partition coefficient (Wildman–Crippen LogP) is 2.96. The monoisotopic (exact) mass is 279 g/mol. The van der Waals surface area contributed by atoms with Crippen molar-refractivity contribution in [1.29, 1.82) is 0 Å². The van der Waals surface area contributed by atoms with E-state index in [0.717, 1.165) is 24.4 Å². The van der Waals surface area contributed by atoms with Crippen LogP contribution in [0, 0.1) is 0 Å². The van der Waals surface area contributed by atoms with E-state index in [-0.39, 0.29) is 0 Å². The molecule has 0 bridgehead atoms. The summed E-state index contributed by atoms with van der Waals surface area (Å²) in [4.78, 5) is 8.71. The van der Waals surface area contributed by atoms with E-state index in [9.17, 15) is 0 Å². The van der Waals surface area contributed by atoms with E-state index in [1.54, 1.807) is 6.07 Å². The zero-order valence-electron chi connectivity index (χ0n) is 8.48. The Morgan fingerprint density at radius 1 is 1.31 bits per heavy atom. The van der Waals surface area contributed by atoms with Gasteiger partial charge in [0.25, 0.3) is 0 Å². The highest BCUT2D eigenvalue weighted by molar-refractivity contribution is 9.10. The Bertz CT molecular complexity index is 534. The first-order valence-corrected chi connectivity index (χ1v) is 5.92. The SMILES string of the molecule is Nc1cc(-c2ccc(Br)o2)nc(C2CC2)n1. The summed E-state index contributed by atoms with van der Waals surface area (Å²) in [5.41, 5.74) is 6.51. The molecule has 0 saturated heterocycles. The molecule has 0 aromatic carbocycles. The number of aromatic nitrogens is 2. The van der Waals surface area contributed by atoms with E-state index in [1.165, 1.54) is 0 Å². The minimum atomic E-state index is 0.487. The van der Waals surface area contributed by atoms with Gasteiger partial charge < -0.3 is 10.2 Å². The van der Waals surface area contributed by atoms with Gasteiger partial charge in [-0.2, -0.15) is 0 Å². The lowest BCUT2D eigenvalue weighted by Crippen LogP contribution is -1.99. The lowest BCUT2D eigenvalue weighted by molar-refractivity contribution is 0.553. The smallest absolute Gasteiger partial charge is 0.169 e. The number of furan rings is 1. The van der Waals surface area contributed by atoms with Gasteiger partial charge in [-0.25, -0.2) is 9.97 Å². The van der Waals surface area contributed by atoms with E-state index in [0.29, 0.717) is 22.2 Å². The Hall–Kier alpha value is -1.36. The Morgan fingerprint density at radius 3 is 2.75 bits per heavy atom. The van der Waals surface area contributed by atoms with Crippen LogP contribution < -0.4 is 5.73 Å². The molecule has 0 radical (unpaired) electrons. The lowest BCUT2D eigenvalue weighted by Gasteiger charge is -2.02. The van der Waals surface area contributed by atoms with Gasteiger partial charge in [0.15, 0.2) is 10.4 Å². The van der Waals surface area contributed by atoms with Gasteiger partial charge in [0.05, 0.1) is 0 Å². The van der Waals surface area contributed by atoms with Crippen molar-refractivity contribution >= 4 is 21.7 Å². The van der Waals surface area contributed by atoms with Crippen LogP contribution in [0.25, 0.3) is 11.5 Å². The number of nitrogens with two attached hydrogens (primary N) is 1. The Morgan fingerprint density at radius 2 is 2.12 bits per heavy atom. The van der Waals surface area contributed by atoms with Crippen LogP contribution in [-0.4, -0.2) is 9.97 Å². The second-order valence-corrected chi connectivity index (χ2v) is 4.70. The molecule has 0 aliphatic heterocycles. The number of anilines is 1. The summed E-state index contributed by atoms with van der Waals surface area (Å²) in [7, 11) is 0. The van der Waals surface area contributed by atoms with Gasteiger partial charge in [0.2, 0.25) is 0 Å². The molecule has 3 rings (SSSR count). The van der Waals surface area contributed by atoms with Crippen molar-refractivity contribution in [2.45, 2.75) is 18.8 Å². The Balaban J connectivity index is 2.06. The fraction of sp³-hybridized carbons (Fsp3) is 0.273. The van der Waals surface area contributed by atoms with Crippen molar-refractivity contribution < 1.29 is 4.42 Å². The Kier molecular flexibility index (Phi) is 2.21. The first kappa shape index (κ1) is 9.84. The summed E-state index contributed by atoms with van der Waals surface area (Å²) in [6, 6.07) is 5.43. The summed E-state index contributed by atoms with van der Waals surface area (Å²) in [5.74, 6) is 2.53. The van der Waals surface area contributed by atoms with Crippen LogP contribution in [0.1, 0.15) is 24.6 Å². The van der Waals surface area contributed by atoms with Crippen LogP contribution in [0.4, 0.5) is 5.82 Å². The first-order chi connectivity index (χ1) is 7.72. The van der Waals surface area contributed by atoms with Gasteiger partial charge >= 0.3 is 0 Å². The number of hydrogen-bond acceptors (Lipinski definition) is 4. The molecule has 0 amide bonds. The number of nitrogen functional groups attached to an aromatic ring is 1. The number of nitrogens with zero attached hydrogens (tertiary/aromatic N) is 2. The van der Waals surface area contributed by atoms with Crippen LogP contribution in [0.2, 0.25) is 0 Å². The molecule has 5 heteroatoms. The van der Waals surface area contributed by atoms with E-state index in [2.05, 4.69) is 25.9 Å². The molecular formula is C11H10BrN3O. The molecule has 2 aromatic heterocycles. The van der Waals surface area contributed by atoms with E-state index < -0.39 is 0 Å². The van der Waals surface area contributed by atoms with Crippen LogP contribution in [0.3, 0.4) is 0 Å². The van der Waals surface area contributed by atoms with E-state index in [1.807, 2.05) is 12.1 Å². The first-order valence-electron chi connectivity index (χ1n) is 5.12. The molecule has 1 aliphatic carbocycles. The van der Waals surface area contributed by atoms with Crippen molar-refractivity contribution in [2.24, 2.45) is 0 Å². The highest BCUT2D eigenvalue weighted by Gasteiger charge is 2.27. The third-order valence-corrected chi connectivity index (χ3v) is 2.96. The molecule has 1 fully saturated rings. The van der Waals surface area contributed by atoms with Gasteiger partial charge in [-0.15, -0.1) is 0 Å². The van der Waals surface area contributed by atoms with Gasteiger partial charge in [-0.3, -0.25) is 0 Å². The molecule has 2 N–H and O–H groups in total. The van der Waals surface area contributed by atoms with E-state index in [4.69, 9.17) is 10.2 Å². The standard InChI is InChI=1S/C11H10BrN3O/c12-9-4-3-8(16-9)7-5-10(13)15-11(14-7)6-1-2-6/h3-6H,1-2H2,(H2,13,14,15). The average Bonchev–Trinajstić information content (AvgIpc) is 3.01. The van der Waals surface area contributed by atoms with Crippen molar-refractivity contribution in [3.63, 3.8) is 0 Å². The van der Waals surface area contributed by atoms with Crippen molar-refractivity contribution in [1.82, 2.24) is 9.97 Å². The predicted molar refractivity (Wildman–Crippen MR) is 63.8 cm³/mol. The normalized spacial score (nSPS) is 15.3. The molecule has 1 aliphatic rings. The van der Waals surface area contributed by atoms with Gasteiger partial charge in [0.1, 0.15) is 17.3 Å². The molecule has 0 unspecified atom stereocenters. The van der Waals surface area contributed by atoms with E-state index >= 15 is 0 Å². The molecule has 2 heterocycles. The molecular weight excluding hydrogens is 270 g/mol. The van der Waals surface area contributed by atoms with Crippen LogP contribution in [0.15, 0.2) is 27.3 Å². The number of rotatable bonds is 2. The van der Waals surface area contributed by atoms with Gasteiger partial charge in [0, 0.05) is 12.0 Å². The van der Waals surface area contributed by atoms with Gasteiger partial charge in [-0.05, 0) is 40.9 Å². The highest BCUT2D eigenvalue weighted by Crippen LogP contribution is 2.39. The summed E-state index contributed by atoms with van der Waals surface area (Å²) in [5, 5.41) is 0. The zero-order valence-corrected chi connectivity index (χ0v) is 10.1. The largest absolute Gasteiger partial charge is 0.448 e. The maximum atomic E-state index is 5.76. The third kappa shape index (κ3) is 1.82. The zero-order chi connectivity index (χ0) is 11.1. The maximum Gasteiger partial charge on any atom is 0.169 e. The topological polar surface area (TPSA) is 64.9 Å². The van der Waals surface area contributed by atoms with Crippen molar-refractivity contribution in [3.8, 4) is 11.5 Å². The van der Waals surface area contributed by atoms with Crippen molar-refractivity contribution in [2.75, 3.05) is 5.73 Å². The molecule has 1 saturated carbocycles. The summed E-state index contributed by atoms with van der Waals surface area (Å²) in [6.45, 7) is 0. The van der Waals surface area contributed by atoms with Gasteiger partial charge in [-0.1, -0.05) is 0 Å². The maximum absolute atomic E-state index is 5.76. The molecule has 4 nitrogen and oxygen atoms in total. The quantitative estimate of drug-likeness (QED) is 0.918. The number of halogens is 1. The molecule has 0 atom stereocenters. The minimum absolute atomic E-state index is 0.487. The summed E-state index contributed by atoms with van der Waals surface area (Å²) in [6.07, 6.45) is 2.31. The minimum Gasteiger partial charge on any atom is -0.448 e.